The van der Waals surface area contributed by atoms with Crippen molar-refractivity contribution in [1.29, 1.82) is 0 Å². The summed E-state index contributed by atoms with van der Waals surface area (Å²) >= 11 is 15.1. The minimum absolute atomic E-state index is 0.0468. The highest BCUT2D eigenvalue weighted by Crippen LogP contribution is 2.36. The van der Waals surface area contributed by atoms with Crippen LogP contribution in [0.4, 0.5) is 10.1 Å². The van der Waals surface area contributed by atoms with E-state index < -0.39 is 11.1 Å². The largest absolute Gasteiger partial charge is 0.469 e. The molecule has 0 spiro atoms. The Morgan fingerprint density at radius 2 is 2.38 bits per heavy atom. The summed E-state index contributed by atoms with van der Waals surface area (Å²) in [5.41, 5.74) is 0.0468. The van der Waals surface area contributed by atoms with Gasteiger partial charge in [0.15, 0.2) is 0 Å². The third-order valence-electron chi connectivity index (χ3n) is 1.64. The van der Waals surface area contributed by atoms with Crippen molar-refractivity contribution >= 4 is 63.8 Å². The molecule has 8 heteroatoms. The maximum absolute atomic E-state index is 13.4. The molecule has 0 unspecified atom stereocenters. The van der Waals surface area contributed by atoms with Gasteiger partial charge in [-0.15, -0.1) is 24.0 Å². The quantitative estimate of drug-likeness (QED) is 0.511. The molecule has 1 aromatic rings. The number of rotatable bonds is 3. The molecule has 0 atom stereocenters. The Labute approximate surface area is 111 Å². The summed E-state index contributed by atoms with van der Waals surface area (Å²) in [6.07, 6.45) is -0.0715. The van der Waals surface area contributed by atoms with Gasteiger partial charge in [-0.3, -0.25) is 4.79 Å². The van der Waals surface area contributed by atoms with Crippen LogP contribution in [0.1, 0.15) is 4.88 Å². The van der Waals surface area contributed by atoms with Crippen LogP contribution in [0.15, 0.2) is 0 Å². The second-order valence-corrected chi connectivity index (χ2v) is 5.26. The van der Waals surface area contributed by atoms with E-state index in [0.717, 1.165) is 11.3 Å². The Bertz CT molecular complexity index is 435. The SMILES string of the molecule is COC(=O)Cc1sc(F)c(NC(=S)S)c1Cl. The third kappa shape index (κ3) is 3.31. The van der Waals surface area contributed by atoms with Crippen molar-refractivity contribution in [2.45, 2.75) is 6.42 Å². The lowest BCUT2D eigenvalue weighted by atomic mass is 10.3. The molecule has 0 radical (unpaired) electrons. The standard InChI is InChI=1S/C8H7ClFNO2S3/c1-13-4(12)2-3-5(9)6(7(10)16-3)11-8(14)15/h2H2,1H3,(H2,11,14,15). The Balaban J connectivity index is 2.97. The molecule has 1 N–H and O–H groups in total. The van der Waals surface area contributed by atoms with E-state index in [1.165, 1.54) is 7.11 Å². The zero-order valence-corrected chi connectivity index (χ0v) is 11.3. The van der Waals surface area contributed by atoms with Gasteiger partial charge in [0.05, 0.1) is 18.6 Å². The van der Waals surface area contributed by atoms with Crippen LogP contribution in [0.2, 0.25) is 5.02 Å². The first-order valence-electron chi connectivity index (χ1n) is 3.99. The zero-order valence-electron chi connectivity index (χ0n) is 8.04. The molecule has 0 aliphatic rings. The molecule has 1 rings (SSSR count). The third-order valence-corrected chi connectivity index (χ3v) is 3.36. The van der Waals surface area contributed by atoms with Gasteiger partial charge in [-0.1, -0.05) is 23.8 Å². The predicted molar refractivity (Wildman–Crippen MR) is 70.2 cm³/mol. The van der Waals surface area contributed by atoms with Gasteiger partial charge in [-0.25, -0.2) is 0 Å². The second-order valence-electron chi connectivity index (χ2n) is 2.67. The Hall–Kier alpha value is -0.370. The van der Waals surface area contributed by atoms with Gasteiger partial charge in [0.2, 0.25) is 5.13 Å². The van der Waals surface area contributed by atoms with Crippen LogP contribution < -0.4 is 5.32 Å². The first-order chi connectivity index (χ1) is 7.45. The van der Waals surface area contributed by atoms with Crippen LogP contribution in [0.5, 0.6) is 0 Å². The molecular weight excluding hydrogens is 293 g/mol. The number of hydrogen-bond donors (Lipinski definition) is 2. The molecule has 16 heavy (non-hydrogen) atoms. The van der Waals surface area contributed by atoms with E-state index in [2.05, 4.69) is 34.9 Å². The lowest BCUT2D eigenvalue weighted by Gasteiger charge is -2.01. The molecule has 0 aliphatic carbocycles. The highest BCUT2D eigenvalue weighted by molar-refractivity contribution is 8.11. The summed E-state index contributed by atoms with van der Waals surface area (Å²) in [7, 11) is 1.25. The molecule has 0 bridgehead atoms. The van der Waals surface area contributed by atoms with Gasteiger partial charge in [0, 0.05) is 4.88 Å². The van der Waals surface area contributed by atoms with Gasteiger partial charge in [-0.05, 0) is 0 Å². The Kier molecular flexibility index (Phi) is 4.97. The molecule has 1 aromatic heterocycles. The van der Waals surface area contributed by atoms with E-state index in [-0.39, 0.29) is 21.5 Å². The molecule has 0 saturated heterocycles. The average Bonchev–Trinajstić information content (AvgIpc) is 2.45. The number of carbonyl (C=O) groups is 1. The summed E-state index contributed by atoms with van der Waals surface area (Å²) in [6.45, 7) is 0. The summed E-state index contributed by atoms with van der Waals surface area (Å²) in [4.78, 5) is 11.4. The second kappa shape index (κ2) is 5.81. The smallest absolute Gasteiger partial charge is 0.310 e. The van der Waals surface area contributed by atoms with Gasteiger partial charge < -0.3 is 10.1 Å². The van der Waals surface area contributed by atoms with E-state index in [1.54, 1.807) is 0 Å². The zero-order chi connectivity index (χ0) is 12.3. The van der Waals surface area contributed by atoms with E-state index in [9.17, 15) is 9.18 Å². The van der Waals surface area contributed by atoms with Crippen LogP contribution in [-0.2, 0) is 16.0 Å². The number of nitrogens with one attached hydrogen (secondary N) is 1. The number of thiocarbonyl (C=S) groups is 1. The molecule has 0 aromatic carbocycles. The topological polar surface area (TPSA) is 38.3 Å². The minimum atomic E-state index is -0.541. The Morgan fingerprint density at radius 1 is 1.75 bits per heavy atom. The van der Waals surface area contributed by atoms with Crippen molar-refractivity contribution in [2.24, 2.45) is 0 Å². The lowest BCUT2D eigenvalue weighted by Crippen LogP contribution is -2.04. The van der Waals surface area contributed by atoms with Crippen molar-refractivity contribution < 1.29 is 13.9 Å². The van der Waals surface area contributed by atoms with Crippen molar-refractivity contribution in [1.82, 2.24) is 0 Å². The highest BCUT2D eigenvalue weighted by atomic mass is 35.5. The molecule has 0 aliphatic heterocycles. The predicted octanol–water partition coefficient (Wildman–Crippen LogP) is 2.88. The molecule has 88 valence electrons. The van der Waals surface area contributed by atoms with Crippen molar-refractivity contribution in [3.63, 3.8) is 0 Å². The summed E-state index contributed by atoms with van der Waals surface area (Å²) < 4.78 is 18.0. The number of anilines is 1. The monoisotopic (exact) mass is 299 g/mol. The number of esters is 1. The van der Waals surface area contributed by atoms with Gasteiger partial charge in [0.25, 0.3) is 0 Å². The number of thiophene rings is 1. The first kappa shape index (κ1) is 13.7. The normalized spacial score (nSPS) is 10.0. The lowest BCUT2D eigenvalue weighted by molar-refractivity contribution is -0.139. The first-order valence-corrected chi connectivity index (χ1v) is 6.04. The molecular formula is C8H7ClFNO2S3. The van der Waals surface area contributed by atoms with Crippen molar-refractivity contribution in [3.05, 3.63) is 15.0 Å². The van der Waals surface area contributed by atoms with Gasteiger partial charge in [-0.2, -0.15) is 4.39 Å². The molecule has 0 amide bonds. The number of hydrogen-bond acceptors (Lipinski definition) is 4. The summed E-state index contributed by atoms with van der Waals surface area (Å²) in [6, 6.07) is 0. The fraction of sp³-hybridized carbons (Fsp3) is 0.250. The number of ether oxygens (including phenoxy) is 1. The number of thiol groups is 1. The average molecular weight is 300 g/mol. The number of carbonyl (C=O) groups excluding carboxylic acids is 1. The highest BCUT2D eigenvalue weighted by Gasteiger charge is 2.19. The molecule has 1 heterocycles. The number of methoxy groups -OCH3 is 1. The van der Waals surface area contributed by atoms with Crippen LogP contribution in [-0.4, -0.2) is 17.4 Å². The van der Waals surface area contributed by atoms with Crippen LogP contribution in [0.3, 0.4) is 0 Å². The van der Waals surface area contributed by atoms with Crippen molar-refractivity contribution in [2.75, 3.05) is 12.4 Å². The summed E-state index contributed by atoms with van der Waals surface area (Å²) in [5, 5.41) is 2.09. The molecule has 3 nitrogen and oxygen atoms in total. The van der Waals surface area contributed by atoms with E-state index in [0.29, 0.717) is 4.88 Å². The van der Waals surface area contributed by atoms with Crippen LogP contribution in [0.25, 0.3) is 0 Å². The van der Waals surface area contributed by atoms with Gasteiger partial charge in [0.1, 0.15) is 10.0 Å². The van der Waals surface area contributed by atoms with Crippen molar-refractivity contribution in [3.8, 4) is 0 Å². The maximum Gasteiger partial charge on any atom is 0.310 e. The van der Waals surface area contributed by atoms with Gasteiger partial charge >= 0.3 is 5.97 Å². The summed E-state index contributed by atoms with van der Waals surface area (Å²) in [5.74, 6) is -0.483. The van der Waals surface area contributed by atoms with E-state index >= 15 is 0 Å². The minimum Gasteiger partial charge on any atom is -0.469 e. The molecule has 0 saturated carbocycles. The van der Waals surface area contributed by atoms with Crippen LogP contribution >= 0.6 is 47.8 Å². The van der Waals surface area contributed by atoms with E-state index in [1.807, 2.05) is 0 Å². The number of halogens is 2. The fourth-order valence-electron chi connectivity index (χ4n) is 0.958. The Morgan fingerprint density at radius 3 is 2.88 bits per heavy atom. The maximum atomic E-state index is 13.4. The fourth-order valence-corrected chi connectivity index (χ4v) is 2.39. The van der Waals surface area contributed by atoms with E-state index in [4.69, 9.17) is 11.6 Å². The van der Waals surface area contributed by atoms with Crippen LogP contribution in [0, 0.1) is 5.13 Å². The molecule has 0 fully saturated rings.